The smallest absolute Gasteiger partial charge is 0.129 e. The maximum Gasteiger partial charge on any atom is 0.129 e. The molecule has 0 aliphatic heterocycles. The van der Waals surface area contributed by atoms with Gasteiger partial charge in [0.05, 0.1) is 10.4 Å². The lowest BCUT2D eigenvalue weighted by Gasteiger charge is -2.15. The molecule has 0 nitrogen and oxygen atoms in total. The van der Waals surface area contributed by atoms with E-state index in [1.165, 1.54) is 6.07 Å². The summed E-state index contributed by atoms with van der Waals surface area (Å²) >= 11 is 19.0. The van der Waals surface area contributed by atoms with Crippen LogP contribution in [0.4, 0.5) is 4.39 Å². The number of hydrogen-bond donors (Lipinski definition) is 0. The van der Waals surface area contributed by atoms with Gasteiger partial charge < -0.3 is 0 Å². The molecule has 0 aromatic heterocycles. The molecule has 2 aromatic rings. The van der Waals surface area contributed by atoms with Crippen LogP contribution in [0, 0.1) is 12.7 Å². The van der Waals surface area contributed by atoms with Gasteiger partial charge in [-0.25, -0.2) is 4.39 Å². The molecule has 5 heteroatoms. The van der Waals surface area contributed by atoms with Crippen LogP contribution in [-0.2, 0) is 0 Å². The van der Waals surface area contributed by atoms with Crippen molar-refractivity contribution in [3.63, 3.8) is 0 Å². The fourth-order valence-corrected chi connectivity index (χ4v) is 3.20. The Kier molecular flexibility index (Phi) is 4.93. The van der Waals surface area contributed by atoms with Gasteiger partial charge >= 0.3 is 0 Å². The SMILES string of the molecule is Cc1cc(Br)ccc1C(Cl)c1cc(Cl)c(Br)cc1F. The van der Waals surface area contributed by atoms with E-state index in [1.807, 2.05) is 25.1 Å². The van der Waals surface area contributed by atoms with Crippen LogP contribution in [0.1, 0.15) is 22.1 Å². The van der Waals surface area contributed by atoms with Gasteiger partial charge in [-0.05, 0) is 58.2 Å². The minimum Gasteiger partial charge on any atom is -0.207 e. The molecule has 1 atom stereocenters. The van der Waals surface area contributed by atoms with E-state index < -0.39 is 5.38 Å². The summed E-state index contributed by atoms with van der Waals surface area (Å²) in [7, 11) is 0. The monoisotopic (exact) mass is 424 g/mol. The largest absolute Gasteiger partial charge is 0.207 e. The van der Waals surface area contributed by atoms with E-state index in [-0.39, 0.29) is 5.82 Å². The van der Waals surface area contributed by atoms with Crippen molar-refractivity contribution in [2.45, 2.75) is 12.3 Å². The average molecular weight is 427 g/mol. The fraction of sp³-hybridized carbons (Fsp3) is 0.143. The molecular formula is C14H9Br2Cl2F. The Morgan fingerprint density at radius 3 is 2.42 bits per heavy atom. The van der Waals surface area contributed by atoms with Gasteiger partial charge in [0.25, 0.3) is 0 Å². The van der Waals surface area contributed by atoms with Crippen LogP contribution in [0.3, 0.4) is 0 Å². The third kappa shape index (κ3) is 3.33. The molecule has 0 amide bonds. The molecule has 100 valence electrons. The van der Waals surface area contributed by atoms with Crippen LogP contribution in [0.25, 0.3) is 0 Å². The van der Waals surface area contributed by atoms with Gasteiger partial charge in [0, 0.05) is 14.5 Å². The summed E-state index contributed by atoms with van der Waals surface area (Å²) in [6, 6.07) is 8.60. The molecule has 0 bridgehead atoms. The summed E-state index contributed by atoms with van der Waals surface area (Å²) in [5.74, 6) is -0.376. The van der Waals surface area contributed by atoms with E-state index in [0.29, 0.717) is 15.1 Å². The van der Waals surface area contributed by atoms with Gasteiger partial charge in [0.1, 0.15) is 5.82 Å². The number of halogens is 5. The highest BCUT2D eigenvalue weighted by Gasteiger charge is 2.19. The molecule has 0 saturated heterocycles. The standard InChI is InChI=1S/C14H9Br2Cl2F/c1-7-4-8(15)2-3-9(7)14(18)10-5-12(17)11(16)6-13(10)19/h2-6,14H,1H3. The van der Waals surface area contributed by atoms with E-state index in [9.17, 15) is 4.39 Å². The zero-order valence-corrected chi connectivity index (χ0v) is 14.5. The molecule has 0 spiro atoms. The van der Waals surface area contributed by atoms with Gasteiger partial charge in [-0.1, -0.05) is 33.6 Å². The van der Waals surface area contributed by atoms with Gasteiger partial charge in [-0.15, -0.1) is 11.6 Å². The van der Waals surface area contributed by atoms with Crippen molar-refractivity contribution in [2.24, 2.45) is 0 Å². The Balaban J connectivity index is 2.49. The molecule has 2 aromatic carbocycles. The van der Waals surface area contributed by atoms with Crippen molar-refractivity contribution in [1.29, 1.82) is 0 Å². The first-order chi connectivity index (χ1) is 8.90. The zero-order chi connectivity index (χ0) is 14.2. The van der Waals surface area contributed by atoms with Crippen LogP contribution in [0.2, 0.25) is 5.02 Å². The van der Waals surface area contributed by atoms with Crippen molar-refractivity contribution >= 4 is 55.1 Å². The number of aryl methyl sites for hydroxylation is 1. The first-order valence-corrected chi connectivity index (χ1v) is 7.84. The molecule has 19 heavy (non-hydrogen) atoms. The molecule has 1 unspecified atom stereocenters. The van der Waals surface area contributed by atoms with Crippen molar-refractivity contribution < 1.29 is 4.39 Å². The lowest BCUT2D eigenvalue weighted by atomic mass is 10.00. The van der Waals surface area contributed by atoms with Crippen molar-refractivity contribution in [3.05, 3.63) is 66.8 Å². The number of hydrogen-bond acceptors (Lipinski definition) is 0. The molecule has 0 aliphatic rings. The molecule has 0 fully saturated rings. The third-order valence-electron chi connectivity index (χ3n) is 2.82. The van der Waals surface area contributed by atoms with Gasteiger partial charge in [0.2, 0.25) is 0 Å². The molecular weight excluding hydrogens is 418 g/mol. The van der Waals surface area contributed by atoms with Gasteiger partial charge in [-0.3, -0.25) is 0 Å². The normalized spacial score (nSPS) is 12.5. The molecule has 0 aliphatic carbocycles. The summed E-state index contributed by atoms with van der Waals surface area (Å²) in [6.45, 7) is 1.94. The summed E-state index contributed by atoms with van der Waals surface area (Å²) in [5, 5.41) is -0.129. The van der Waals surface area contributed by atoms with Crippen LogP contribution < -0.4 is 0 Å². The van der Waals surface area contributed by atoms with E-state index in [1.54, 1.807) is 6.07 Å². The van der Waals surface area contributed by atoms with Crippen molar-refractivity contribution in [3.8, 4) is 0 Å². The highest BCUT2D eigenvalue weighted by molar-refractivity contribution is 9.10. The second-order valence-corrected chi connectivity index (χ2v) is 6.76. The summed E-state index contributed by atoms with van der Waals surface area (Å²) in [4.78, 5) is 0. The predicted molar refractivity (Wildman–Crippen MR) is 85.7 cm³/mol. The second-order valence-electron chi connectivity index (χ2n) is 4.15. The van der Waals surface area contributed by atoms with E-state index in [2.05, 4.69) is 31.9 Å². The Morgan fingerprint density at radius 1 is 1.11 bits per heavy atom. The van der Waals surface area contributed by atoms with E-state index in [0.717, 1.165) is 15.6 Å². The van der Waals surface area contributed by atoms with E-state index in [4.69, 9.17) is 23.2 Å². The minimum absolute atomic E-state index is 0.375. The highest BCUT2D eigenvalue weighted by Crippen LogP contribution is 2.37. The Hall–Kier alpha value is -0.0900. The summed E-state index contributed by atoms with van der Waals surface area (Å²) in [5.41, 5.74) is 2.23. The van der Waals surface area contributed by atoms with Crippen LogP contribution in [0.5, 0.6) is 0 Å². The number of alkyl halides is 1. The van der Waals surface area contributed by atoms with Gasteiger partial charge in [0.15, 0.2) is 0 Å². The molecule has 2 rings (SSSR count). The van der Waals surface area contributed by atoms with Gasteiger partial charge in [-0.2, -0.15) is 0 Å². The van der Waals surface area contributed by atoms with Crippen LogP contribution in [0.15, 0.2) is 39.3 Å². The van der Waals surface area contributed by atoms with Crippen LogP contribution >= 0.6 is 55.1 Å². The molecule has 0 radical (unpaired) electrons. The lowest BCUT2D eigenvalue weighted by Crippen LogP contribution is -2.00. The van der Waals surface area contributed by atoms with Crippen LogP contribution in [-0.4, -0.2) is 0 Å². The lowest BCUT2D eigenvalue weighted by molar-refractivity contribution is 0.611. The summed E-state index contributed by atoms with van der Waals surface area (Å²) < 4.78 is 15.5. The first-order valence-electron chi connectivity index (χ1n) is 5.44. The topological polar surface area (TPSA) is 0 Å². The first kappa shape index (κ1) is 15.3. The molecule has 0 N–H and O–H groups in total. The quantitative estimate of drug-likeness (QED) is 0.373. The Labute approximate surface area is 138 Å². The number of benzene rings is 2. The minimum atomic E-state index is -0.571. The average Bonchev–Trinajstić information content (AvgIpc) is 2.33. The fourth-order valence-electron chi connectivity index (χ4n) is 1.82. The number of rotatable bonds is 2. The van der Waals surface area contributed by atoms with E-state index >= 15 is 0 Å². The Morgan fingerprint density at radius 2 is 1.79 bits per heavy atom. The molecule has 0 saturated carbocycles. The molecule has 0 heterocycles. The maximum atomic E-state index is 14.0. The maximum absolute atomic E-state index is 14.0. The van der Waals surface area contributed by atoms with Crippen molar-refractivity contribution in [2.75, 3.05) is 0 Å². The second kappa shape index (κ2) is 6.13. The predicted octanol–water partition coefficient (Wildman–Crippen LogP) is 6.64. The highest BCUT2D eigenvalue weighted by atomic mass is 79.9. The van der Waals surface area contributed by atoms with Crippen molar-refractivity contribution in [1.82, 2.24) is 0 Å². The Bertz CT molecular complexity index is 629. The zero-order valence-electron chi connectivity index (χ0n) is 9.85. The summed E-state index contributed by atoms with van der Waals surface area (Å²) in [6.07, 6.45) is 0. The third-order valence-corrected chi connectivity index (χ3v) is 4.98.